The zero-order chi connectivity index (χ0) is 18.4. The molecule has 0 fully saturated rings. The van der Waals surface area contributed by atoms with Crippen molar-refractivity contribution in [1.82, 2.24) is 4.90 Å². The quantitative estimate of drug-likeness (QED) is 0.705. The first kappa shape index (κ1) is 17.9. The van der Waals surface area contributed by atoms with E-state index in [4.69, 9.17) is 19.9 Å². The number of nitrogens with two attached hydrogens (primary N) is 1. The van der Waals surface area contributed by atoms with E-state index in [1.165, 1.54) is 0 Å². The van der Waals surface area contributed by atoms with E-state index >= 15 is 0 Å². The maximum absolute atomic E-state index is 12.2. The molecule has 7 heteroatoms. The van der Waals surface area contributed by atoms with E-state index in [0.717, 1.165) is 21.2 Å². The van der Waals surface area contributed by atoms with Crippen LogP contribution in [0.4, 0.5) is 10.5 Å². The molecule has 0 aromatic heterocycles. The molecule has 2 aliphatic heterocycles. The highest BCUT2D eigenvalue weighted by atomic mass is 79.9. The minimum atomic E-state index is -0.495. The number of halogens is 1. The van der Waals surface area contributed by atoms with Gasteiger partial charge in [-0.05, 0) is 61.2 Å². The Morgan fingerprint density at radius 1 is 1.32 bits per heavy atom. The fourth-order valence-corrected chi connectivity index (χ4v) is 3.40. The van der Waals surface area contributed by atoms with E-state index in [1.54, 1.807) is 4.90 Å². The molecule has 136 valence electrons. The number of carbonyl (C=O) groups is 1. The second-order valence-corrected chi connectivity index (χ2v) is 7.99. The monoisotopic (exact) mass is 410 g/mol. The maximum atomic E-state index is 12.2. The fraction of sp³-hybridized carbons (Fsp3) is 0.500. The molecule has 25 heavy (non-hydrogen) atoms. The highest BCUT2D eigenvalue weighted by Gasteiger charge is 2.30. The summed E-state index contributed by atoms with van der Waals surface area (Å²) in [5.74, 6) is 1.28. The maximum Gasteiger partial charge on any atom is 0.410 e. The molecule has 0 atom stereocenters. The van der Waals surface area contributed by atoms with Crippen molar-refractivity contribution in [1.29, 1.82) is 0 Å². The summed E-state index contributed by atoms with van der Waals surface area (Å²) in [5.41, 5.74) is 9.31. The first-order valence-corrected chi connectivity index (χ1v) is 9.03. The summed E-state index contributed by atoms with van der Waals surface area (Å²) in [6.45, 7) is 8.86. The van der Waals surface area contributed by atoms with Gasteiger partial charge in [-0.2, -0.15) is 0 Å². The SMILES string of the molecule is Cc1c(Br)c(N)c2c(c1C1=CCN(C(=O)OC(C)(C)C)CC1)OCO2. The Labute approximate surface area is 156 Å². The van der Waals surface area contributed by atoms with Crippen molar-refractivity contribution < 1.29 is 19.0 Å². The summed E-state index contributed by atoms with van der Waals surface area (Å²) in [7, 11) is 0. The molecule has 2 heterocycles. The van der Waals surface area contributed by atoms with E-state index in [2.05, 4.69) is 15.9 Å². The molecule has 0 radical (unpaired) electrons. The zero-order valence-corrected chi connectivity index (χ0v) is 16.5. The predicted molar refractivity (Wildman–Crippen MR) is 99.8 cm³/mol. The Bertz CT molecular complexity index is 753. The van der Waals surface area contributed by atoms with Crippen LogP contribution in [0.3, 0.4) is 0 Å². The third-order valence-electron chi connectivity index (χ3n) is 4.21. The molecule has 0 saturated heterocycles. The van der Waals surface area contributed by atoms with Crippen molar-refractivity contribution in [3.8, 4) is 11.5 Å². The molecule has 0 aliphatic carbocycles. The summed E-state index contributed by atoms with van der Waals surface area (Å²) in [4.78, 5) is 13.9. The Kier molecular flexibility index (Phi) is 4.62. The predicted octanol–water partition coefficient (Wildman–Crippen LogP) is 4.09. The van der Waals surface area contributed by atoms with Gasteiger partial charge < -0.3 is 24.8 Å². The van der Waals surface area contributed by atoms with Crippen molar-refractivity contribution in [3.05, 3.63) is 21.7 Å². The van der Waals surface area contributed by atoms with Crippen LogP contribution in [0, 0.1) is 6.92 Å². The van der Waals surface area contributed by atoms with E-state index in [-0.39, 0.29) is 12.9 Å². The molecular formula is C18H23BrN2O4. The van der Waals surface area contributed by atoms with Crippen molar-refractivity contribution in [3.63, 3.8) is 0 Å². The number of hydrogen-bond acceptors (Lipinski definition) is 5. The second kappa shape index (κ2) is 6.44. The molecule has 6 nitrogen and oxygen atoms in total. The molecule has 0 unspecified atom stereocenters. The van der Waals surface area contributed by atoms with Crippen LogP contribution in [-0.2, 0) is 4.74 Å². The smallest absolute Gasteiger partial charge is 0.410 e. The lowest BCUT2D eigenvalue weighted by molar-refractivity contribution is 0.0270. The molecule has 1 aromatic rings. The van der Waals surface area contributed by atoms with Gasteiger partial charge in [-0.25, -0.2) is 4.79 Å². The van der Waals surface area contributed by atoms with E-state index in [0.29, 0.717) is 36.7 Å². The molecule has 2 aliphatic rings. The summed E-state index contributed by atoms with van der Waals surface area (Å²) in [5, 5.41) is 0. The second-order valence-electron chi connectivity index (χ2n) is 7.20. The van der Waals surface area contributed by atoms with Gasteiger partial charge in [0.05, 0.1) is 5.69 Å². The summed E-state index contributed by atoms with van der Waals surface area (Å²) in [6, 6.07) is 0. The Morgan fingerprint density at radius 3 is 2.60 bits per heavy atom. The molecular weight excluding hydrogens is 388 g/mol. The number of anilines is 1. The van der Waals surface area contributed by atoms with Gasteiger partial charge in [0.25, 0.3) is 0 Å². The van der Waals surface area contributed by atoms with Gasteiger partial charge in [-0.1, -0.05) is 6.08 Å². The lowest BCUT2D eigenvalue weighted by atomic mass is 9.93. The van der Waals surface area contributed by atoms with Gasteiger partial charge in [0, 0.05) is 23.1 Å². The van der Waals surface area contributed by atoms with Crippen LogP contribution >= 0.6 is 15.9 Å². The average molecular weight is 411 g/mol. The highest BCUT2D eigenvalue weighted by molar-refractivity contribution is 9.10. The van der Waals surface area contributed by atoms with Crippen molar-refractivity contribution >= 4 is 33.3 Å². The number of nitrogen functional groups attached to an aromatic ring is 1. The zero-order valence-electron chi connectivity index (χ0n) is 14.9. The highest BCUT2D eigenvalue weighted by Crippen LogP contribution is 2.50. The van der Waals surface area contributed by atoms with Gasteiger partial charge in [0.2, 0.25) is 6.79 Å². The lowest BCUT2D eigenvalue weighted by Crippen LogP contribution is -2.39. The molecule has 0 spiro atoms. The molecule has 0 bridgehead atoms. The number of rotatable bonds is 1. The Hall–Kier alpha value is -1.89. The van der Waals surface area contributed by atoms with E-state index < -0.39 is 5.60 Å². The minimum Gasteiger partial charge on any atom is -0.453 e. The van der Waals surface area contributed by atoms with Crippen LogP contribution in [0.5, 0.6) is 11.5 Å². The van der Waals surface area contributed by atoms with Gasteiger partial charge >= 0.3 is 6.09 Å². The molecule has 2 N–H and O–H groups in total. The number of benzene rings is 1. The summed E-state index contributed by atoms with van der Waals surface area (Å²) in [6.07, 6.45) is 2.47. The van der Waals surface area contributed by atoms with Crippen molar-refractivity contribution in [2.75, 3.05) is 25.6 Å². The number of hydrogen-bond donors (Lipinski definition) is 1. The van der Waals surface area contributed by atoms with Crippen LogP contribution in [0.25, 0.3) is 5.57 Å². The van der Waals surface area contributed by atoms with Gasteiger partial charge in [-0.15, -0.1) is 0 Å². The molecule has 3 rings (SSSR count). The number of ether oxygens (including phenoxy) is 3. The van der Waals surface area contributed by atoms with Crippen LogP contribution in [0.15, 0.2) is 10.5 Å². The third-order valence-corrected chi connectivity index (χ3v) is 5.23. The number of fused-ring (bicyclic) bond motifs is 1. The number of amides is 1. The van der Waals surface area contributed by atoms with Crippen LogP contribution < -0.4 is 15.2 Å². The summed E-state index contributed by atoms with van der Waals surface area (Å²) < 4.78 is 17.5. The molecule has 1 amide bonds. The standard InChI is InChI=1S/C18H23BrN2O4/c1-10-12(15-16(24-9-23-15)14(20)13(10)19)11-5-7-21(8-6-11)17(22)25-18(2,3)4/h5H,6-9,20H2,1-4H3. The number of nitrogens with zero attached hydrogens (tertiary/aromatic N) is 1. The lowest BCUT2D eigenvalue weighted by Gasteiger charge is -2.30. The van der Waals surface area contributed by atoms with Crippen LogP contribution in [-0.4, -0.2) is 36.5 Å². The van der Waals surface area contributed by atoms with Crippen molar-refractivity contribution in [2.24, 2.45) is 0 Å². The Morgan fingerprint density at radius 2 is 2.00 bits per heavy atom. The van der Waals surface area contributed by atoms with Crippen molar-refractivity contribution in [2.45, 2.75) is 39.7 Å². The van der Waals surface area contributed by atoms with Gasteiger partial charge in [-0.3, -0.25) is 0 Å². The summed E-state index contributed by atoms with van der Waals surface area (Å²) >= 11 is 3.55. The van der Waals surface area contributed by atoms with E-state index in [9.17, 15) is 4.79 Å². The average Bonchev–Trinajstić information content (AvgIpc) is 3.01. The number of carbonyl (C=O) groups excluding carboxylic acids is 1. The minimum absolute atomic E-state index is 0.166. The first-order valence-electron chi connectivity index (χ1n) is 8.23. The fourth-order valence-electron chi connectivity index (χ4n) is 3.02. The van der Waals surface area contributed by atoms with Crippen LogP contribution in [0.2, 0.25) is 0 Å². The third kappa shape index (κ3) is 3.42. The van der Waals surface area contributed by atoms with Crippen LogP contribution in [0.1, 0.15) is 38.3 Å². The first-order chi connectivity index (χ1) is 11.7. The van der Waals surface area contributed by atoms with Gasteiger partial charge in [0.15, 0.2) is 11.5 Å². The molecule has 0 saturated carbocycles. The largest absolute Gasteiger partial charge is 0.453 e. The van der Waals surface area contributed by atoms with E-state index in [1.807, 2.05) is 33.8 Å². The topological polar surface area (TPSA) is 74.0 Å². The Balaban J connectivity index is 1.87. The normalized spacial score (nSPS) is 16.7. The molecule has 1 aromatic carbocycles. The van der Waals surface area contributed by atoms with Gasteiger partial charge in [0.1, 0.15) is 5.60 Å².